The van der Waals surface area contributed by atoms with Crippen LogP contribution in [0, 0.1) is 0 Å². The van der Waals surface area contributed by atoms with Crippen LogP contribution in [0.15, 0.2) is 65.1 Å². The maximum Gasteiger partial charge on any atom is 0.336 e. The van der Waals surface area contributed by atoms with Gasteiger partial charge in [0.15, 0.2) is 0 Å². The molecule has 5 nitrogen and oxygen atoms in total. The first-order valence-corrected chi connectivity index (χ1v) is 9.70. The summed E-state index contributed by atoms with van der Waals surface area (Å²) in [6, 6.07) is 18.6. The number of carboxylic acids is 1. The van der Waals surface area contributed by atoms with E-state index in [0.717, 1.165) is 35.0 Å². The van der Waals surface area contributed by atoms with Crippen LogP contribution < -0.4 is 15.7 Å². The Morgan fingerprint density at radius 3 is 2.48 bits per heavy atom. The first kappa shape index (κ1) is 18.7. The van der Waals surface area contributed by atoms with E-state index in [1.54, 1.807) is 24.3 Å². The Labute approximate surface area is 168 Å². The van der Waals surface area contributed by atoms with Gasteiger partial charge in [0.25, 0.3) is 0 Å². The zero-order valence-electron chi connectivity index (χ0n) is 16.5. The summed E-state index contributed by atoms with van der Waals surface area (Å²) >= 11 is 0. The molecular formula is C24H23N2O3+. The van der Waals surface area contributed by atoms with E-state index in [1.807, 2.05) is 30.3 Å². The minimum absolute atomic E-state index is 0.256. The molecule has 0 unspecified atom stereocenters. The lowest BCUT2D eigenvalue weighted by Gasteiger charge is -2.16. The number of nitrogen functional groups attached to an aromatic ring is 1. The zero-order chi connectivity index (χ0) is 20.5. The normalized spacial score (nSPS) is 11.1. The summed E-state index contributed by atoms with van der Waals surface area (Å²) in [6.45, 7) is 6.00. The molecule has 1 heterocycles. The second-order valence-electron chi connectivity index (χ2n) is 6.94. The molecule has 1 aliphatic carbocycles. The highest BCUT2D eigenvalue weighted by atomic mass is 16.4. The van der Waals surface area contributed by atoms with Crippen molar-refractivity contribution < 1.29 is 14.3 Å². The molecule has 4 rings (SSSR count). The zero-order valence-corrected chi connectivity index (χ0v) is 16.5. The Kier molecular flexibility index (Phi) is 4.80. The van der Waals surface area contributed by atoms with Gasteiger partial charge in [0, 0.05) is 34.3 Å². The highest BCUT2D eigenvalue weighted by molar-refractivity contribution is 6.07. The van der Waals surface area contributed by atoms with Crippen molar-refractivity contribution in [1.82, 2.24) is 4.58 Å². The van der Waals surface area contributed by atoms with Crippen LogP contribution in [0.25, 0.3) is 33.4 Å². The van der Waals surface area contributed by atoms with E-state index in [9.17, 15) is 9.90 Å². The second-order valence-corrected chi connectivity index (χ2v) is 6.94. The van der Waals surface area contributed by atoms with Crippen molar-refractivity contribution in [2.24, 2.45) is 0 Å². The lowest BCUT2D eigenvalue weighted by Crippen LogP contribution is -2.29. The highest BCUT2D eigenvalue weighted by Crippen LogP contribution is 2.41. The van der Waals surface area contributed by atoms with Gasteiger partial charge in [-0.05, 0) is 43.7 Å². The molecule has 0 amide bonds. The molecule has 3 N–H and O–H groups in total. The van der Waals surface area contributed by atoms with Gasteiger partial charge < -0.3 is 15.3 Å². The third kappa shape index (κ3) is 3.25. The van der Waals surface area contributed by atoms with Crippen molar-refractivity contribution in [3.05, 3.63) is 71.6 Å². The van der Waals surface area contributed by atoms with Crippen LogP contribution in [0.1, 0.15) is 24.2 Å². The lowest BCUT2D eigenvalue weighted by atomic mass is 9.90. The largest absolute Gasteiger partial charge is 0.478 e. The minimum Gasteiger partial charge on any atom is -0.478 e. The molecule has 0 bridgehead atoms. The van der Waals surface area contributed by atoms with Gasteiger partial charge in [-0.3, -0.25) is 0 Å². The maximum atomic E-state index is 11.9. The van der Waals surface area contributed by atoms with Crippen LogP contribution in [-0.2, 0) is 0 Å². The van der Waals surface area contributed by atoms with E-state index in [0.29, 0.717) is 22.6 Å². The highest BCUT2D eigenvalue weighted by Gasteiger charge is 2.21. The van der Waals surface area contributed by atoms with E-state index >= 15 is 0 Å². The summed E-state index contributed by atoms with van der Waals surface area (Å²) in [6.07, 6.45) is 0. The molecule has 0 saturated heterocycles. The Bertz CT molecular complexity index is 1260. The number of nitrogens with zero attached hydrogens (tertiary/aromatic N) is 1. The number of hydrogen-bond donors (Lipinski definition) is 2. The molecule has 0 radical (unpaired) electrons. The summed E-state index contributed by atoms with van der Waals surface area (Å²) in [5.74, 6) is -0.263. The Morgan fingerprint density at radius 1 is 1.00 bits per heavy atom. The van der Waals surface area contributed by atoms with Gasteiger partial charge >= 0.3 is 5.97 Å². The van der Waals surface area contributed by atoms with Crippen LogP contribution in [-0.4, -0.2) is 24.2 Å². The van der Waals surface area contributed by atoms with E-state index in [2.05, 4.69) is 24.5 Å². The number of rotatable bonds is 4. The van der Waals surface area contributed by atoms with Gasteiger partial charge in [0.05, 0.1) is 11.6 Å². The molecule has 2 aromatic rings. The van der Waals surface area contributed by atoms with Gasteiger partial charge in [-0.25, -0.2) is 9.37 Å². The number of carbonyl (C=O) groups is 1. The average Bonchev–Trinajstić information content (AvgIpc) is 2.72. The van der Waals surface area contributed by atoms with Crippen LogP contribution in [0.5, 0.6) is 0 Å². The molecule has 0 saturated carbocycles. The number of nitrogens with two attached hydrogens (primary N) is 1. The molecule has 2 aliphatic rings. The van der Waals surface area contributed by atoms with Gasteiger partial charge in [-0.15, -0.1) is 0 Å². The Morgan fingerprint density at radius 2 is 1.76 bits per heavy atom. The summed E-state index contributed by atoms with van der Waals surface area (Å²) in [5.41, 5.74) is 9.84. The molecule has 0 aromatic heterocycles. The molecule has 0 spiro atoms. The van der Waals surface area contributed by atoms with Gasteiger partial charge in [-0.2, -0.15) is 0 Å². The van der Waals surface area contributed by atoms with Crippen molar-refractivity contribution in [2.75, 3.05) is 18.8 Å². The number of anilines is 1. The third-order valence-electron chi connectivity index (χ3n) is 5.28. The van der Waals surface area contributed by atoms with Crippen molar-refractivity contribution >= 4 is 22.6 Å². The van der Waals surface area contributed by atoms with Crippen molar-refractivity contribution in [1.29, 1.82) is 0 Å². The molecule has 0 atom stereocenters. The quantitative estimate of drug-likeness (QED) is 0.311. The Hall–Kier alpha value is -3.60. The number of carboxylic acid groups (broad SMARTS) is 1. The predicted molar refractivity (Wildman–Crippen MR) is 116 cm³/mol. The average molecular weight is 387 g/mol. The van der Waals surface area contributed by atoms with E-state index < -0.39 is 5.97 Å². The van der Waals surface area contributed by atoms with Crippen LogP contribution in [0.3, 0.4) is 0 Å². The first-order chi connectivity index (χ1) is 14.0. The molecule has 2 aromatic carbocycles. The third-order valence-corrected chi connectivity index (χ3v) is 5.28. The van der Waals surface area contributed by atoms with Gasteiger partial charge in [-0.1, -0.05) is 18.2 Å². The fourth-order valence-electron chi connectivity index (χ4n) is 3.86. The fraction of sp³-hybridized carbons (Fsp3) is 0.167. The molecular weight excluding hydrogens is 364 g/mol. The maximum absolute atomic E-state index is 11.9. The summed E-state index contributed by atoms with van der Waals surface area (Å²) in [4.78, 5) is 11.9. The second kappa shape index (κ2) is 7.43. The summed E-state index contributed by atoms with van der Waals surface area (Å²) < 4.78 is 8.45. The number of benzene rings is 3. The smallest absolute Gasteiger partial charge is 0.336 e. The van der Waals surface area contributed by atoms with Crippen molar-refractivity contribution in [2.45, 2.75) is 13.8 Å². The number of hydrogen-bond acceptors (Lipinski definition) is 3. The molecule has 1 aliphatic heterocycles. The molecule has 29 heavy (non-hydrogen) atoms. The van der Waals surface area contributed by atoms with Gasteiger partial charge in [0.1, 0.15) is 24.4 Å². The van der Waals surface area contributed by atoms with Crippen LogP contribution in [0.4, 0.5) is 5.69 Å². The SMILES string of the molecule is CC[N+](CC)=c1ccc2c(-c3ccccc3C(=O)O)c3ccc(N)cc3oc-2c1. The predicted octanol–water partition coefficient (Wildman–Crippen LogP) is 4.30. The van der Waals surface area contributed by atoms with Gasteiger partial charge in [0.2, 0.25) is 5.36 Å². The summed E-state index contributed by atoms with van der Waals surface area (Å²) in [5, 5.41) is 11.6. The first-order valence-electron chi connectivity index (χ1n) is 9.70. The van der Waals surface area contributed by atoms with Crippen LogP contribution >= 0.6 is 0 Å². The monoisotopic (exact) mass is 387 g/mol. The molecule has 5 heteroatoms. The van der Waals surface area contributed by atoms with Crippen molar-refractivity contribution in [3.8, 4) is 22.5 Å². The van der Waals surface area contributed by atoms with Crippen LogP contribution in [0.2, 0.25) is 0 Å². The molecule has 0 fully saturated rings. The number of aromatic carboxylic acids is 1. The minimum atomic E-state index is -0.960. The van der Waals surface area contributed by atoms with E-state index in [1.165, 1.54) is 0 Å². The van der Waals surface area contributed by atoms with Crippen molar-refractivity contribution in [3.63, 3.8) is 0 Å². The van der Waals surface area contributed by atoms with E-state index in [-0.39, 0.29) is 5.56 Å². The topological polar surface area (TPSA) is 79.5 Å². The standard InChI is InChI=1S/C24H22N2O3/c1-3-26(4-2)16-10-12-20-22(14-16)29-21-13-15(25)9-11-19(21)23(20)17-7-5-6-8-18(17)24(27)28/h5-14,25H,3-4H2,1-2H3,(H,27,28)/p+1. The summed E-state index contributed by atoms with van der Waals surface area (Å²) in [7, 11) is 0. The lowest BCUT2D eigenvalue weighted by molar-refractivity contribution is 0.0697. The van der Waals surface area contributed by atoms with E-state index in [4.69, 9.17) is 10.2 Å². The Balaban J connectivity index is 2.18. The molecule has 146 valence electrons. The number of fused-ring (bicyclic) bond motifs is 2. The fourth-order valence-corrected chi connectivity index (χ4v) is 3.86.